The molecule has 0 bridgehead atoms. The molecule has 0 atom stereocenters. The third-order valence-corrected chi connectivity index (χ3v) is 3.79. The monoisotopic (exact) mass is 365 g/mol. The first kappa shape index (κ1) is 18.1. The van der Waals surface area contributed by atoms with Gasteiger partial charge in [-0.15, -0.1) is 5.10 Å². The zero-order valence-electron chi connectivity index (χ0n) is 15.2. The van der Waals surface area contributed by atoms with Crippen LogP contribution in [0.5, 0.6) is 5.75 Å². The van der Waals surface area contributed by atoms with Crippen LogP contribution in [0, 0.1) is 6.92 Å². The number of ether oxygens (including phenoxy) is 1. The standard InChI is InChI=1S/C19H19N5O3/c1-12-4-7-15(8-5-12)24-11-17(22-23-24)19(26)21-14-6-9-16(20-13(2)25)18(10-14)27-3/h4-11H,1-3H3,(H,20,25)(H,21,26). The van der Waals surface area contributed by atoms with Crippen LogP contribution in [-0.4, -0.2) is 33.9 Å². The summed E-state index contributed by atoms with van der Waals surface area (Å²) in [5.41, 5.74) is 3.16. The number of hydrogen-bond donors (Lipinski definition) is 2. The predicted octanol–water partition coefficient (Wildman–Crippen LogP) is 2.80. The van der Waals surface area contributed by atoms with Gasteiger partial charge in [-0.3, -0.25) is 9.59 Å². The molecule has 3 aromatic rings. The van der Waals surface area contributed by atoms with Crippen LogP contribution in [-0.2, 0) is 4.79 Å². The van der Waals surface area contributed by atoms with E-state index in [-0.39, 0.29) is 11.6 Å². The molecular weight excluding hydrogens is 346 g/mol. The maximum Gasteiger partial charge on any atom is 0.277 e. The average Bonchev–Trinajstić information content (AvgIpc) is 3.13. The summed E-state index contributed by atoms with van der Waals surface area (Å²) < 4.78 is 6.78. The Morgan fingerprint density at radius 3 is 2.48 bits per heavy atom. The maximum absolute atomic E-state index is 12.4. The number of methoxy groups -OCH3 is 1. The van der Waals surface area contributed by atoms with Crippen molar-refractivity contribution < 1.29 is 14.3 Å². The van der Waals surface area contributed by atoms with Gasteiger partial charge in [-0.25, -0.2) is 4.68 Å². The second-order valence-corrected chi connectivity index (χ2v) is 5.93. The summed E-state index contributed by atoms with van der Waals surface area (Å²) >= 11 is 0. The molecule has 8 heteroatoms. The Bertz CT molecular complexity index is 979. The minimum absolute atomic E-state index is 0.181. The summed E-state index contributed by atoms with van der Waals surface area (Å²) in [7, 11) is 1.49. The fourth-order valence-corrected chi connectivity index (χ4v) is 2.45. The Balaban J connectivity index is 1.75. The van der Waals surface area contributed by atoms with Gasteiger partial charge in [0.1, 0.15) is 5.75 Å². The van der Waals surface area contributed by atoms with Crippen LogP contribution in [0.3, 0.4) is 0 Å². The molecule has 0 aliphatic carbocycles. The van der Waals surface area contributed by atoms with Gasteiger partial charge in [0.05, 0.1) is 24.7 Å². The van der Waals surface area contributed by atoms with E-state index >= 15 is 0 Å². The van der Waals surface area contributed by atoms with Gasteiger partial charge in [0.15, 0.2) is 5.69 Å². The molecule has 0 spiro atoms. The number of anilines is 2. The summed E-state index contributed by atoms with van der Waals surface area (Å²) in [6.45, 7) is 3.40. The average molecular weight is 365 g/mol. The van der Waals surface area contributed by atoms with Crippen molar-refractivity contribution in [1.29, 1.82) is 0 Å². The van der Waals surface area contributed by atoms with Crippen molar-refractivity contribution in [1.82, 2.24) is 15.0 Å². The summed E-state index contributed by atoms with van der Waals surface area (Å²) in [4.78, 5) is 23.7. The van der Waals surface area contributed by atoms with Crippen LogP contribution < -0.4 is 15.4 Å². The molecule has 2 aromatic carbocycles. The Labute approximate surface area is 156 Å². The van der Waals surface area contributed by atoms with Crippen molar-refractivity contribution in [2.24, 2.45) is 0 Å². The number of amides is 2. The van der Waals surface area contributed by atoms with Crippen LogP contribution >= 0.6 is 0 Å². The highest BCUT2D eigenvalue weighted by Gasteiger charge is 2.13. The van der Waals surface area contributed by atoms with Crippen LogP contribution in [0.2, 0.25) is 0 Å². The van der Waals surface area contributed by atoms with Gasteiger partial charge in [-0.05, 0) is 31.2 Å². The van der Waals surface area contributed by atoms with Gasteiger partial charge in [0, 0.05) is 18.7 Å². The van der Waals surface area contributed by atoms with E-state index in [2.05, 4.69) is 20.9 Å². The second kappa shape index (κ2) is 7.69. The first-order valence-corrected chi connectivity index (χ1v) is 8.22. The van der Waals surface area contributed by atoms with Crippen LogP contribution in [0.4, 0.5) is 11.4 Å². The second-order valence-electron chi connectivity index (χ2n) is 5.93. The quantitative estimate of drug-likeness (QED) is 0.724. The van der Waals surface area contributed by atoms with Gasteiger partial charge < -0.3 is 15.4 Å². The number of aryl methyl sites for hydroxylation is 1. The summed E-state index contributed by atoms with van der Waals surface area (Å²) in [5.74, 6) is -0.174. The number of nitrogens with one attached hydrogen (secondary N) is 2. The van der Waals surface area contributed by atoms with Crippen molar-refractivity contribution in [2.75, 3.05) is 17.7 Å². The molecule has 0 saturated heterocycles. The fraction of sp³-hybridized carbons (Fsp3) is 0.158. The largest absolute Gasteiger partial charge is 0.494 e. The van der Waals surface area contributed by atoms with Crippen LogP contribution in [0.15, 0.2) is 48.7 Å². The highest BCUT2D eigenvalue weighted by Crippen LogP contribution is 2.28. The molecule has 27 heavy (non-hydrogen) atoms. The summed E-state index contributed by atoms with van der Waals surface area (Å²) in [5, 5.41) is 13.3. The lowest BCUT2D eigenvalue weighted by Crippen LogP contribution is -2.13. The van der Waals surface area contributed by atoms with E-state index in [0.717, 1.165) is 11.3 Å². The smallest absolute Gasteiger partial charge is 0.277 e. The lowest BCUT2D eigenvalue weighted by molar-refractivity contribution is -0.114. The number of benzene rings is 2. The SMILES string of the molecule is COc1cc(NC(=O)c2cn(-c3ccc(C)cc3)nn2)ccc1NC(C)=O. The zero-order chi connectivity index (χ0) is 19.4. The highest BCUT2D eigenvalue weighted by atomic mass is 16.5. The number of nitrogens with zero attached hydrogens (tertiary/aromatic N) is 3. The van der Waals surface area contributed by atoms with E-state index in [9.17, 15) is 9.59 Å². The van der Waals surface area contributed by atoms with Gasteiger partial charge in [-0.1, -0.05) is 22.9 Å². The minimum Gasteiger partial charge on any atom is -0.494 e. The molecule has 2 N–H and O–H groups in total. The molecular formula is C19H19N5O3. The molecule has 0 fully saturated rings. The van der Waals surface area contributed by atoms with E-state index in [1.54, 1.807) is 24.4 Å². The molecule has 0 saturated carbocycles. The van der Waals surface area contributed by atoms with E-state index < -0.39 is 5.91 Å². The molecule has 138 valence electrons. The van der Waals surface area contributed by atoms with E-state index in [0.29, 0.717) is 17.1 Å². The first-order valence-electron chi connectivity index (χ1n) is 8.22. The van der Waals surface area contributed by atoms with Gasteiger partial charge in [0.2, 0.25) is 5.91 Å². The minimum atomic E-state index is -0.400. The third kappa shape index (κ3) is 4.30. The topological polar surface area (TPSA) is 98.1 Å². The Kier molecular flexibility index (Phi) is 5.16. The number of rotatable bonds is 5. The molecule has 0 radical (unpaired) electrons. The van der Waals surface area contributed by atoms with Gasteiger partial charge in [0.25, 0.3) is 5.91 Å². The molecule has 8 nitrogen and oxygen atoms in total. The molecule has 0 aliphatic heterocycles. The molecule has 2 amide bonds. The van der Waals surface area contributed by atoms with E-state index in [1.165, 1.54) is 18.7 Å². The van der Waals surface area contributed by atoms with E-state index in [4.69, 9.17) is 4.74 Å². The summed E-state index contributed by atoms with van der Waals surface area (Å²) in [6, 6.07) is 12.6. The van der Waals surface area contributed by atoms with Crippen molar-refractivity contribution in [3.05, 3.63) is 59.9 Å². The van der Waals surface area contributed by atoms with Gasteiger partial charge in [-0.2, -0.15) is 0 Å². The third-order valence-electron chi connectivity index (χ3n) is 3.79. The number of aromatic nitrogens is 3. The lowest BCUT2D eigenvalue weighted by Gasteiger charge is -2.11. The maximum atomic E-state index is 12.4. The molecule has 3 rings (SSSR count). The predicted molar refractivity (Wildman–Crippen MR) is 101 cm³/mol. The van der Waals surface area contributed by atoms with Crippen LogP contribution in [0.1, 0.15) is 23.0 Å². The Hall–Kier alpha value is -3.68. The molecule has 0 aliphatic rings. The number of carbonyl (C=O) groups is 2. The molecule has 1 heterocycles. The fourth-order valence-electron chi connectivity index (χ4n) is 2.45. The first-order chi connectivity index (χ1) is 13.0. The molecule has 0 unspecified atom stereocenters. The normalized spacial score (nSPS) is 10.3. The van der Waals surface area contributed by atoms with Gasteiger partial charge >= 0.3 is 0 Å². The van der Waals surface area contributed by atoms with Crippen molar-refractivity contribution in [3.8, 4) is 11.4 Å². The summed E-state index contributed by atoms with van der Waals surface area (Å²) in [6.07, 6.45) is 1.56. The van der Waals surface area contributed by atoms with Crippen molar-refractivity contribution in [2.45, 2.75) is 13.8 Å². The van der Waals surface area contributed by atoms with E-state index in [1.807, 2.05) is 31.2 Å². The molecule has 1 aromatic heterocycles. The Morgan fingerprint density at radius 2 is 1.81 bits per heavy atom. The lowest BCUT2D eigenvalue weighted by atomic mass is 10.2. The number of carbonyl (C=O) groups excluding carboxylic acids is 2. The highest BCUT2D eigenvalue weighted by molar-refractivity contribution is 6.03. The van der Waals surface area contributed by atoms with Crippen molar-refractivity contribution >= 4 is 23.2 Å². The number of hydrogen-bond acceptors (Lipinski definition) is 5. The van der Waals surface area contributed by atoms with Crippen LogP contribution in [0.25, 0.3) is 5.69 Å². The Morgan fingerprint density at radius 1 is 1.07 bits per heavy atom. The van der Waals surface area contributed by atoms with Crippen molar-refractivity contribution in [3.63, 3.8) is 0 Å². The zero-order valence-corrected chi connectivity index (χ0v) is 15.2.